The quantitative estimate of drug-likeness (QED) is 0.412. The summed E-state index contributed by atoms with van der Waals surface area (Å²) in [5.41, 5.74) is 0. The first-order chi connectivity index (χ1) is 2.27. The zero-order valence-corrected chi connectivity index (χ0v) is 3.65. The molecule has 0 rings (SSSR count). The molecule has 0 unspecified atom stereocenters. The second kappa shape index (κ2) is 1.94. The van der Waals surface area contributed by atoms with Crippen molar-refractivity contribution >= 4 is 6.72 Å². The first kappa shape index (κ1) is 4.67. The van der Waals surface area contributed by atoms with Crippen LogP contribution in [0.4, 0.5) is 0 Å². The molecule has 29 valence electrons. The number of rotatable bonds is 1. The highest BCUT2D eigenvalue weighted by atomic mass is 14.7. The summed E-state index contributed by atoms with van der Waals surface area (Å²) in [5.74, 6) is 0. The predicted octanol–water partition coefficient (Wildman–Crippen LogP) is 1.26. The molecule has 0 aliphatic rings. The van der Waals surface area contributed by atoms with Crippen molar-refractivity contribution < 1.29 is 0 Å². The maximum atomic E-state index is 3.56. The van der Waals surface area contributed by atoms with Gasteiger partial charge in [-0.1, -0.05) is 0 Å². The molecule has 1 nitrogen and oxygen atoms in total. The summed E-state index contributed by atoms with van der Waals surface area (Å²) in [6.07, 6.45) is 0. The second-order valence-corrected chi connectivity index (χ2v) is 1.11. The highest BCUT2D eigenvalue weighted by Gasteiger charge is 1.76. The molecule has 0 N–H and O–H groups in total. The molecule has 0 aromatic rings. The van der Waals surface area contributed by atoms with Crippen LogP contribution in [-0.2, 0) is 0 Å². The Labute approximate surface area is 32.7 Å². The van der Waals surface area contributed by atoms with Gasteiger partial charge in [-0.25, -0.2) is 0 Å². The average Bonchev–Trinajstić information content (AvgIpc) is 1.38. The van der Waals surface area contributed by atoms with Gasteiger partial charge in [-0.3, -0.25) is 4.99 Å². The number of nitrogens with zero attached hydrogens (tertiary/aromatic N) is 1. The van der Waals surface area contributed by atoms with Crippen molar-refractivity contribution in [2.75, 3.05) is 0 Å². The topological polar surface area (TPSA) is 12.4 Å². The summed E-state index contributed by atoms with van der Waals surface area (Å²) >= 11 is 0. The minimum absolute atomic E-state index is 1.02. The molecule has 0 amide bonds. The first-order valence-corrected chi connectivity index (χ1v) is 1.54. The van der Waals surface area contributed by atoms with E-state index >= 15 is 0 Å². The molecule has 0 aliphatic heterocycles. The smallest absolute Gasteiger partial charge is 0.0789 e. The van der Waals surface area contributed by atoms with Crippen molar-refractivity contribution in [3.8, 4) is 0 Å². The molecular weight excluding hydrogens is 62.1 g/mol. The standard InChI is InChI=1S/C4H8N/c1-4(2)5-3/h3H2,1-2H3. The van der Waals surface area contributed by atoms with Gasteiger partial charge < -0.3 is 0 Å². The summed E-state index contributed by atoms with van der Waals surface area (Å²) in [6, 6.07) is 1.02. The predicted molar refractivity (Wildman–Crippen MR) is 24.1 cm³/mol. The van der Waals surface area contributed by atoms with Crippen LogP contribution in [0, 0.1) is 6.04 Å². The van der Waals surface area contributed by atoms with Gasteiger partial charge >= 0.3 is 0 Å². The Morgan fingerprint density at radius 1 is 1.60 bits per heavy atom. The zero-order chi connectivity index (χ0) is 4.28. The van der Waals surface area contributed by atoms with E-state index in [9.17, 15) is 0 Å². The third-order valence-electron chi connectivity index (χ3n) is 0.316. The molecule has 1 heteroatoms. The minimum atomic E-state index is 1.02. The zero-order valence-electron chi connectivity index (χ0n) is 3.65. The van der Waals surface area contributed by atoms with Crippen LogP contribution >= 0.6 is 0 Å². The fourth-order valence-corrected chi connectivity index (χ4v) is 0. The molecule has 0 heterocycles. The Kier molecular flexibility index (Phi) is 1.81. The van der Waals surface area contributed by atoms with Crippen molar-refractivity contribution in [2.45, 2.75) is 13.8 Å². The fourth-order valence-electron chi connectivity index (χ4n) is 0. The summed E-state index contributed by atoms with van der Waals surface area (Å²) in [4.78, 5) is 3.56. The highest BCUT2D eigenvalue weighted by molar-refractivity contribution is 5.25. The van der Waals surface area contributed by atoms with Gasteiger partial charge in [0.05, 0.1) is 6.04 Å². The van der Waals surface area contributed by atoms with Crippen LogP contribution in [0.5, 0.6) is 0 Å². The highest BCUT2D eigenvalue weighted by Crippen LogP contribution is 1.90. The number of aliphatic imine (C=N–C) groups is 1. The lowest BCUT2D eigenvalue weighted by Crippen LogP contribution is -1.68. The van der Waals surface area contributed by atoms with Gasteiger partial charge in [0.1, 0.15) is 0 Å². The van der Waals surface area contributed by atoms with Crippen LogP contribution < -0.4 is 0 Å². The maximum Gasteiger partial charge on any atom is 0.0789 e. The molecule has 0 aliphatic carbocycles. The van der Waals surface area contributed by atoms with Gasteiger partial charge in [-0.15, -0.1) is 0 Å². The van der Waals surface area contributed by atoms with Crippen LogP contribution in [0.15, 0.2) is 4.99 Å². The Morgan fingerprint density at radius 2 is 1.80 bits per heavy atom. The van der Waals surface area contributed by atoms with Gasteiger partial charge in [0, 0.05) is 0 Å². The Balaban J connectivity index is 2.83. The molecule has 1 radical (unpaired) electrons. The third-order valence-corrected chi connectivity index (χ3v) is 0.316. The number of hydrogen-bond donors (Lipinski definition) is 0. The van der Waals surface area contributed by atoms with Crippen LogP contribution in [0.2, 0.25) is 0 Å². The van der Waals surface area contributed by atoms with Gasteiger partial charge in [0.15, 0.2) is 0 Å². The molecule has 0 aromatic heterocycles. The van der Waals surface area contributed by atoms with E-state index in [4.69, 9.17) is 0 Å². The van der Waals surface area contributed by atoms with Crippen LogP contribution in [0.25, 0.3) is 0 Å². The summed E-state index contributed by atoms with van der Waals surface area (Å²) < 4.78 is 0. The van der Waals surface area contributed by atoms with E-state index < -0.39 is 0 Å². The van der Waals surface area contributed by atoms with Gasteiger partial charge in [-0.05, 0) is 20.6 Å². The summed E-state index contributed by atoms with van der Waals surface area (Å²) in [6.45, 7) is 7.09. The molecule has 0 saturated carbocycles. The van der Waals surface area contributed by atoms with Crippen LogP contribution in [0.1, 0.15) is 13.8 Å². The number of hydrogen-bond acceptors (Lipinski definition) is 1. The monoisotopic (exact) mass is 70.1 g/mol. The fraction of sp³-hybridized carbons (Fsp3) is 0.500. The normalized spacial score (nSPS) is 8.60. The molecule has 5 heavy (non-hydrogen) atoms. The molecule has 0 bridgehead atoms. The van der Waals surface area contributed by atoms with E-state index in [0.29, 0.717) is 0 Å². The average molecular weight is 70.1 g/mol. The lowest BCUT2D eigenvalue weighted by atomic mass is 10.4. The molecular formula is C4H8N. The second-order valence-electron chi connectivity index (χ2n) is 1.11. The van der Waals surface area contributed by atoms with Crippen LogP contribution in [-0.4, -0.2) is 6.72 Å². The Hall–Kier alpha value is -0.330. The third kappa shape index (κ3) is 3.67. The minimum Gasteiger partial charge on any atom is -0.292 e. The molecule has 0 saturated heterocycles. The summed E-state index contributed by atoms with van der Waals surface area (Å²) in [5, 5.41) is 0. The lowest BCUT2D eigenvalue weighted by Gasteiger charge is -1.83. The molecule has 0 fully saturated rings. The van der Waals surface area contributed by atoms with Crippen LogP contribution in [0.3, 0.4) is 0 Å². The Morgan fingerprint density at radius 3 is 1.80 bits per heavy atom. The van der Waals surface area contributed by atoms with E-state index in [1.54, 1.807) is 0 Å². The molecule has 0 aromatic carbocycles. The largest absolute Gasteiger partial charge is 0.292 e. The van der Waals surface area contributed by atoms with Crippen molar-refractivity contribution in [1.82, 2.24) is 0 Å². The molecule has 0 atom stereocenters. The van der Waals surface area contributed by atoms with E-state index in [2.05, 4.69) is 11.7 Å². The lowest BCUT2D eigenvalue weighted by molar-refractivity contribution is 1.06. The van der Waals surface area contributed by atoms with Crippen molar-refractivity contribution in [2.24, 2.45) is 4.99 Å². The van der Waals surface area contributed by atoms with E-state index in [0.717, 1.165) is 6.04 Å². The molecule has 0 spiro atoms. The first-order valence-electron chi connectivity index (χ1n) is 1.54. The maximum absolute atomic E-state index is 3.56. The van der Waals surface area contributed by atoms with E-state index in [1.165, 1.54) is 0 Å². The van der Waals surface area contributed by atoms with E-state index in [-0.39, 0.29) is 0 Å². The van der Waals surface area contributed by atoms with Gasteiger partial charge in [0.2, 0.25) is 0 Å². The van der Waals surface area contributed by atoms with Crippen molar-refractivity contribution in [1.29, 1.82) is 0 Å². The van der Waals surface area contributed by atoms with E-state index in [1.807, 2.05) is 13.8 Å². The summed E-state index contributed by atoms with van der Waals surface area (Å²) in [7, 11) is 0. The van der Waals surface area contributed by atoms with Crippen molar-refractivity contribution in [3.63, 3.8) is 0 Å². The Bertz CT molecular complexity index is 30.6. The van der Waals surface area contributed by atoms with Gasteiger partial charge in [0.25, 0.3) is 0 Å². The SMILES string of the molecule is C=N[C](C)C. The van der Waals surface area contributed by atoms with Gasteiger partial charge in [-0.2, -0.15) is 0 Å². The van der Waals surface area contributed by atoms with Crippen molar-refractivity contribution in [3.05, 3.63) is 6.04 Å².